The number of rotatable bonds is 2. The molecule has 0 saturated carbocycles. The highest BCUT2D eigenvalue weighted by Gasteiger charge is 2.36. The third kappa shape index (κ3) is 2.56. The summed E-state index contributed by atoms with van der Waals surface area (Å²) in [5.74, 6) is 2.75. The molecule has 1 heterocycles. The van der Waals surface area contributed by atoms with Crippen molar-refractivity contribution in [2.24, 2.45) is 5.92 Å². The first kappa shape index (κ1) is 13.1. The van der Waals surface area contributed by atoms with Gasteiger partial charge < -0.3 is 4.74 Å². The summed E-state index contributed by atoms with van der Waals surface area (Å²) in [5.41, 5.74) is -0.236. The van der Waals surface area contributed by atoms with Crippen LogP contribution in [0.2, 0.25) is 0 Å². The Morgan fingerprint density at radius 1 is 1.56 bits per heavy atom. The molecule has 90 valence electrons. The van der Waals surface area contributed by atoms with Crippen molar-refractivity contribution >= 4 is 5.97 Å². The van der Waals surface area contributed by atoms with Gasteiger partial charge in [0.05, 0.1) is 18.6 Å². The van der Waals surface area contributed by atoms with Crippen LogP contribution < -0.4 is 0 Å². The lowest BCUT2D eigenvalue weighted by Gasteiger charge is -2.44. The van der Waals surface area contributed by atoms with Crippen LogP contribution in [-0.4, -0.2) is 36.1 Å². The van der Waals surface area contributed by atoms with E-state index >= 15 is 0 Å². The molecule has 0 bridgehead atoms. The van der Waals surface area contributed by atoms with Gasteiger partial charge in [0, 0.05) is 12.6 Å². The van der Waals surface area contributed by atoms with E-state index in [-0.39, 0.29) is 17.4 Å². The highest BCUT2D eigenvalue weighted by Crippen LogP contribution is 2.29. The Bertz CT molecular complexity index is 304. The van der Waals surface area contributed by atoms with Crippen LogP contribution in [0.25, 0.3) is 0 Å². The van der Waals surface area contributed by atoms with E-state index in [1.807, 2.05) is 13.8 Å². The lowest BCUT2D eigenvalue weighted by atomic mass is 9.88. The topological polar surface area (TPSA) is 29.5 Å². The Balaban J connectivity index is 2.67. The van der Waals surface area contributed by atoms with E-state index in [2.05, 4.69) is 17.7 Å². The quantitative estimate of drug-likeness (QED) is 0.527. The molecular weight excluding hydrogens is 202 g/mol. The number of likely N-dealkylation sites (tertiary alicyclic amines) is 1. The monoisotopic (exact) mass is 223 g/mol. The fraction of sp³-hybridized carbons (Fsp3) is 0.769. The molecule has 3 heteroatoms. The van der Waals surface area contributed by atoms with E-state index in [0.29, 0.717) is 6.04 Å². The number of terminal acetylenes is 1. The van der Waals surface area contributed by atoms with Crippen LogP contribution in [0.15, 0.2) is 0 Å². The molecule has 0 unspecified atom stereocenters. The summed E-state index contributed by atoms with van der Waals surface area (Å²) in [6.45, 7) is 7.07. The van der Waals surface area contributed by atoms with Crippen LogP contribution in [0.1, 0.15) is 33.6 Å². The van der Waals surface area contributed by atoms with Crippen molar-refractivity contribution in [3.8, 4) is 12.3 Å². The minimum Gasteiger partial charge on any atom is -0.469 e. The van der Waals surface area contributed by atoms with Crippen LogP contribution in [0.5, 0.6) is 0 Å². The summed E-state index contributed by atoms with van der Waals surface area (Å²) >= 11 is 0. The van der Waals surface area contributed by atoms with Gasteiger partial charge in [0.25, 0.3) is 0 Å². The van der Waals surface area contributed by atoms with E-state index in [0.717, 1.165) is 19.4 Å². The van der Waals surface area contributed by atoms with Crippen LogP contribution in [0, 0.1) is 18.3 Å². The Hall–Kier alpha value is -1.01. The summed E-state index contributed by atoms with van der Waals surface area (Å²) in [4.78, 5) is 13.7. The number of methoxy groups -OCH3 is 1. The molecule has 16 heavy (non-hydrogen) atoms. The molecule has 1 aliphatic rings. The number of carbonyl (C=O) groups is 1. The molecule has 1 fully saturated rings. The Labute approximate surface area is 98.1 Å². The number of esters is 1. The Morgan fingerprint density at radius 3 is 2.62 bits per heavy atom. The molecule has 0 spiro atoms. The maximum Gasteiger partial charge on any atom is 0.308 e. The van der Waals surface area contributed by atoms with Gasteiger partial charge in [-0.2, -0.15) is 0 Å². The number of hydrogen-bond donors (Lipinski definition) is 0. The van der Waals surface area contributed by atoms with Crippen LogP contribution in [0.3, 0.4) is 0 Å². The van der Waals surface area contributed by atoms with Crippen LogP contribution in [0.4, 0.5) is 0 Å². The van der Waals surface area contributed by atoms with E-state index in [1.165, 1.54) is 7.11 Å². The summed E-state index contributed by atoms with van der Waals surface area (Å²) in [6.07, 6.45) is 7.20. The van der Waals surface area contributed by atoms with Crippen molar-refractivity contribution in [2.45, 2.75) is 45.2 Å². The lowest BCUT2D eigenvalue weighted by Crippen LogP contribution is -2.52. The number of hydrogen-bond acceptors (Lipinski definition) is 3. The van der Waals surface area contributed by atoms with Crippen molar-refractivity contribution < 1.29 is 9.53 Å². The smallest absolute Gasteiger partial charge is 0.308 e. The predicted octanol–water partition coefficient (Wildman–Crippen LogP) is 1.67. The van der Waals surface area contributed by atoms with Gasteiger partial charge in [-0.3, -0.25) is 9.69 Å². The maximum atomic E-state index is 11.5. The molecule has 1 saturated heterocycles. The minimum absolute atomic E-state index is 0.0322. The zero-order valence-corrected chi connectivity index (χ0v) is 10.6. The zero-order chi connectivity index (χ0) is 12.3. The van der Waals surface area contributed by atoms with Gasteiger partial charge in [0.2, 0.25) is 0 Å². The summed E-state index contributed by atoms with van der Waals surface area (Å²) < 4.78 is 4.79. The molecule has 1 rings (SSSR count). The van der Waals surface area contributed by atoms with Crippen LogP contribution >= 0.6 is 0 Å². The van der Waals surface area contributed by atoms with Gasteiger partial charge in [-0.25, -0.2) is 0 Å². The first-order chi connectivity index (χ1) is 7.42. The van der Waals surface area contributed by atoms with E-state index in [4.69, 9.17) is 11.2 Å². The summed E-state index contributed by atoms with van der Waals surface area (Å²) in [6, 6.07) is 0.323. The molecule has 0 aromatic rings. The second-order valence-corrected chi connectivity index (χ2v) is 4.99. The van der Waals surface area contributed by atoms with Crippen molar-refractivity contribution in [3.63, 3.8) is 0 Å². The average Bonchev–Trinajstić information content (AvgIpc) is 2.27. The normalized spacial score (nSPS) is 27.2. The van der Waals surface area contributed by atoms with Gasteiger partial charge in [0.15, 0.2) is 0 Å². The molecule has 0 aliphatic carbocycles. The van der Waals surface area contributed by atoms with Gasteiger partial charge in [-0.15, -0.1) is 6.42 Å². The highest BCUT2D eigenvalue weighted by atomic mass is 16.5. The highest BCUT2D eigenvalue weighted by molar-refractivity contribution is 5.72. The minimum atomic E-state index is -0.236. The average molecular weight is 223 g/mol. The molecule has 3 nitrogen and oxygen atoms in total. The van der Waals surface area contributed by atoms with Gasteiger partial charge in [-0.05, 0) is 33.6 Å². The van der Waals surface area contributed by atoms with Gasteiger partial charge >= 0.3 is 5.97 Å². The molecule has 1 aliphatic heterocycles. The van der Waals surface area contributed by atoms with Gasteiger partial charge in [-0.1, -0.05) is 5.92 Å². The number of carbonyl (C=O) groups excluding carboxylic acids is 1. The van der Waals surface area contributed by atoms with Crippen LogP contribution in [-0.2, 0) is 9.53 Å². The van der Waals surface area contributed by atoms with Crippen molar-refractivity contribution in [1.29, 1.82) is 0 Å². The maximum absolute atomic E-state index is 11.5. The number of ether oxygens (including phenoxy) is 1. The fourth-order valence-corrected chi connectivity index (χ4v) is 2.47. The third-order valence-electron chi connectivity index (χ3n) is 3.48. The van der Waals surface area contributed by atoms with Crippen molar-refractivity contribution in [1.82, 2.24) is 4.90 Å². The predicted molar refractivity (Wildman–Crippen MR) is 63.8 cm³/mol. The SMILES string of the molecule is C#CC(C)(C)N1CC[C@@H](C(=O)OC)C[C@H]1C. The first-order valence-corrected chi connectivity index (χ1v) is 5.74. The summed E-state index contributed by atoms with van der Waals surface area (Å²) in [7, 11) is 1.45. The molecule has 0 aromatic heterocycles. The molecular formula is C13H21NO2. The van der Waals surface area contributed by atoms with Crippen molar-refractivity contribution in [2.75, 3.05) is 13.7 Å². The summed E-state index contributed by atoms with van der Waals surface area (Å²) in [5, 5.41) is 0. The Morgan fingerprint density at radius 2 is 2.19 bits per heavy atom. The first-order valence-electron chi connectivity index (χ1n) is 5.74. The second-order valence-electron chi connectivity index (χ2n) is 4.99. The number of piperidine rings is 1. The van der Waals surface area contributed by atoms with Crippen molar-refractivity contribution in [3.05, 3.63) is 0 Å². The molecule has 2 atom stereocenters. The second kappa shape index (κ2) is 4.88. The largest absolute Gasteiger partial charge is 0.469 e. The molecule has 0 amide bonds. The van der Waals surface area contributed by atoms with Gasteiger partial charge in [0.1, 0.15) is 0 Å². The molecule has 0 aromatic carbocycles. The zero-order valence-electron chi connectivity index (χ0n) is 10.6. The third-order valence-corrected chi connectivity index (χ3v) is 3.48. The molecule has 0 radical (unpaired) electrons. The van der Waals surface area contributed by atoms with E-state index in [9.17, 15) is 4.79 Å². The lowest BCUT2D eigenvalue weighted by molar-refractivity contribution is -0.148. The van der Waals surface area contributed by atoms with E-state index < -0.39 is 0 Å². The standard InChI is InChI=1S/C13H21NO2/c1-6-13(3,4)14-8-7-11(9-10(14)2)12(15)16-5/h1,10-11H,7-9H2,2-5H3/t10-,11-/m1/s1. The molecule has 0 N–H and O–H groups in total. The fourth-order valence-electron chi connectivity index (χ4n) is 2.47. The Kier molecular flexibility index (Phi) is 3.98. The van der Waals surface area contributed by atoms with E-state index in [1.54, 1.807) is 0 Å². The number of nitrogens with zero attached hydrogens (tertiary/aromatic N) is 1.